The second-order valence-corrected chi connectivity index (χ2v) is 3.88. The summed E-state index contributed by atoms with van der Waals surface area (Å²) in [6.07, 6.45) is 0. The van der Waals surface area contributed by atoms with Gasteiger partial charge in [-0.1, -0.05) is 0 Å². The minimum absolute atomic E-state index is 0. The van der Waals surface area contributed by atoms with Crippen LogP contribution in [0.2, 0.25) is 0 Å². The third kappa shape index (κ3) is 10.0. The van der Waals surface area contributed by atoms with Crippen molar-refractivity contribution in [1.82, 2.24) is 0 Å². The molecule has 0 aliphatic rings. The summed E-state index contributed by atoms with van der Waals surface area (Å²) in [6.45, 7) is 0. The van der Waals surface area contributed by atoms with Gasteiger partial charge in [0.2, 0.25) is 0 Å². The predicted octanol–water partition coefficient (Wildman–Crippen LogP) is -2.44. The van der Waals surface area contributed by atoms with E-state index in [2.05, 4.69) is 0 Å². The largest absolute Gasteiger partial charge is 0.761 e. The Morgan fingerprint density at radius 3 is 1.33 bits per heavy atom. The van der Waals surface area contributed by atoms with E-state index in [9.17, 15) is 0 Å². The molecule has 0 fully saturated rings. The van der Waals surface area contributed by atoms with Crippen LogP contribution in [0.5, 0.6) is 0 Å². The monoisotopic (exact) mass is 190 g/mol. The number of rotatable bonds is 1. The van der Waals surface area contributed by atoms with Gasteiger partial charge >= 0.3 is 0 Å². The average Bonchev–Trinajstić information content (AvgIpc) is 1.31. The second-order valence-electron chi connectivity index (χ2n) is 0.612. The molecule has 0 aliphatic carbocycles. The summed E-state index contributed by atoms with van der Waals surface area (Å²) in [4.78, 5) is 0. The van der Waals surface area contributed by atoms with Gasteiger partial charge in [0.05, 0.1) is 10.1 Å². The molecule has 2 radical (unpaired) electrons. The Labute approximate surface area is 98.6 Å². The summed E-state index contributed by atoms with van der Waals surface area (Å²) < 4.78 is 45.7. The van der Waals surface area contributed by atoms with Gasteiger partial charge in [-0.15, -0.1) is 0 Å². The van der Waals surface area contributed by atoms with Crippen LogP contribution >= 0.6 is 0 Å². The first-order valence-corrected chi connectivity index (χ1v) is 4.00. The van der Waals surface area contributed by atoms with Gasteiger partial charge in [-0.05, 0) is 0 Å². The van der Waals surface area contributed by atoms with Crippen LogP contribution in [0.3, 0.4) is 0 Å². The van der Waals surface area contributed by atoms with E-state index in [4.69, 9.17) is 21.7 Å². The Morgan fingerprint density at radius 2 is 1.33 bits per heavy atom. The number of hydrogen-bond acceptors (Lipinski definition) is 5. The molecule has 9 heavy (non-hydrogen) atoms. The fraction of sp³-hybridized carbons (Fsp3) is 0. The molecule has 0 heterocycles. The Balaban J connectivity index is -0.000000180. The summed E-state index contributed by atoms with van der Waals surface area (Å²) in [5, 5.41) is 0. The molecule has 0 bridgehead atoms. The van der Waals surface area contributed by atoms with E-state index >= 15 is 0 Å². The number of hydrogen-bond donors (Lipinski definition) is 0. The molecule has 0 amide bonds. The van der Waals surface area contributed by atoms with E-state index in [1.54, 1.807) is 0 Å². The fourth-order valence-electron chi connectivity index (χ4n) is 0. The smallest absolute Gasteiger partial charge is 0.165 e. The molecule has 0 aromatic rings. The SMILES string of the molecule is O=S([O-])S(=O)(=O)[O-].[Na].[Na]. The molecule has 0 spiro atoms. The van der Waals surface area contributed by atoms with Gasteiger partial charge in [-0.3, -0.25) is 4.21 Å². The standard InChI is InChI=1S/2Na.H2O5S2/c;;1-6(2)7(3,4)5/h;;(H,1,2)(H,3,4,5)/p-2. The molecule has 46 valence electrons. The molecule has 0 aliphatic heterocycles. The van der Waals surface area contributed by atoms with Crippen molar-refractivity contribution >= 4 is 78.4 Å². The van der Waals surface area contributed by atoms with Crippen molar-refractivity contribution in [2.24, 2.45) is 0 Å². The van der Waals surface area contributed by atoms with Crippen LogP contribution in [-0.2, 0) is 19.3 Å². The summed E-state index contributed by atoms with van der Waals surface area (Å²) in [5.74, 6) is 0. The Kier molecular flexibility index (Phi) is 12.8. The van der Waals surface area contributed by atoms with Crippen LogP contribution in [0, 0.1) is 0 Å². The molecule has 0 aromatic heterocycles. The quantitative estimate of drug-likeness (QED) is 0.198. The van der Waals surface area contributed by atoms with Gasteiger partial charge < -0.3 is 9.11 Å². The Hall–Kier alpha value is 2.02. The van der Waals surface area contributed by atoms with Gasteiger partial charge in [-0.25, -0.2) is 8.42 Å². The summed E-state index contributed by atoms with van der Waals surface area (Å²) in [5.41, 5.74) is 0. The first kappa shape index (κ1) is 17.2. The predicted molar refractivity (Wildman–Crippen MR) is 30.1 cm³/mol. The molecule has 0 saturated carbocycles. The van der Waals surface area contributed by atoms with Crippen molar-refractivity contribution in [2.45, 2.75) is 0 Å². The van der Waals surface area contributed by atoms with Gasteiger partial charge in [0.25, 0.3) is 0 Å². The van der Waals surface area contributed by atoms with Crippen LogP contribution in [0.15, 0.2) is 0 Å². The summed E-state index contributed by atoms with van der Waals surface area (Å²) >= 11 is 0. The van der Waals surface area contributed by atoms with Crippen LogP contribution in [-0.4, -0.2) is 80.8 Å². The minimum atomic E-state index is -5.07. The first-order chi connectivity index (χ1) is 2.94. The Bertz CT molecular complexity index is 167. The van der Waals surface area contributed by atoms with Crippen molar-refractivity contribution < 1.29 is 21.7 Å². The third-order valence-corrected chi connectivity index (χ3v) is 1.50. The maximum Gasteiger partial charge on any atom is 0.165 e. The van der Waals surface area contributed by atoms with Crippen LogP contribution < -0.4 is 0 Å². The molecule has 1 unspecified atom stereocenters. The van der Waals surface area contributed by atoms with E-state index in [1.807, 2.05) is 0 Å². The van der Waals surface area contributed by atoms with Gasteiger partial charge in [0.15, 0.2) is 9.15 Å². The van der Waals surface area contributed by atoms with Crippen LogP contribution in [0.25, 0.3) is 0 Å². The minimum Gasteiger partial charge on any atom is -0.761 e. The Morgan fingerprint density at radius 1 is 1.22 bits per heavy atom. The molecule has 0 rings (SSSR count). The third-order valence-electron chi connectivity index (χ3n) is 0.167. The van der Waals surface area contributed by atoms with E-state index in [-0.39, 0.29) is 59.1 Å². The zero-order valence-corrected chi connectivity index (χ0v) is 10.5. The van der Waals surface area contributed by atoms with Gasteiger partial charge in [-0.2, -0.15) is 0 Å². The average molecular weight is 190 g/mol. The van der Waals surface area contributed by atoms with E-state index in [0.29, 0.717) is 0 Å². The molecule has 0 N–H and O–H groups in total. The van der Waals surface area contributed by atoms with E-state index < -0.39 is 19.3 Å². The molecule has 9 heteroatoms. The fourth-order valence-corrected chi connectivity index (χ4v) is 0. The van der Waals surface area contributed by atoms with Crippen molar-refractivity contribution in [2.75, 3.05) is 0 Å². The molecule has 0 saturated heterocycles. The zero-order chi connectivity index (χ0) is 6.08. The normalized spacial score (nSPS) is 12.7. The first-order valence-electron chi connectivity index (χ1n) is 1.00. The summed E-state index contributed by atoms with van der Waals surface area (Å²) in [7, 11) is -8.59. The van der Waals surface area contributed by atoms with E-state index in [1.165, 1.54) is 0 Å². The topological polar surface area (TPSA) is 97.3 Å². The van der Waals surface area contributed by atoms with Crippen molar-refractivity contribution in [3.05, 3.63) is 0 Å². The molecule has 0 aromatic carbocycles. The van der Waals surface area contributed by atoms with Crippen molar-refractivity contribution in [3.8, 4) is 0 Å². The maximum absolute atomic E-state index is 9.16. The van der Waals surface area contributed by atoms with Gasteiger partial charge in [0, 0.05) is 59.1 Å². The maximum atomic E-state index is 9.16. The van der Waals surface area contributed by atoms with Crippen molar-refractivity contribution in [1.29, 1.82) is 0 Å². The van der Waals surface area contributed by atoms with Crippen molar-refractivity contribution in [3.63, 3.8) is 0 Å². The molecular formula is Na2O5S2-2. The molecule has 1 atom stereocenters. The summed E-state index contributed by atoms with van der Waals surface area (Å²) in [6, 6.07) is 0. The molecule has 5 nitrogen and oxygen atoms in total. The second kappa shape index (κ2) is 6.71. The zero-order valence-electron chi connectivity index (χ0n) is 4.86. The molecular weight excluding hydrogens is 190 g/mol. The van der Waals surface area contributed by atoms with Crippen LogP contribution in [0.4, 0.5) is 0 Å². The van der Waals surface area contributed by atoms with Crippen LogP contribution in [0.1, 0.15) is 0 Å². The van der Waals surface area contributed by atoms with Gasteiger partial charge in [0.1, 0.15) is 0 Å². The van der Waals surface area contributed by atoms with E-state index in [0.717, 1.165) is 0 Å².